The molecule has 6 heteroatoms. The summed E-state index contributed by atoms with van der Waals surface area (Å²) in [5.41, 5.74) is 0. The summed E-state index contributed by atoms with van der Waals surface area (Å²) in [6, 6.07) is 0. The molecule has 6 nitrogen and oxygen atoms in total. The SMILES string of the molecule is CC/C=C\C/C=C\C/C=C\C/C=C\C/C=C\C/C=C\CCCCCCC(=O)OC(COC(=O)CCCCCCCCCC)COC(=O)CCCCCCCCCCCC/C=C\C/C=C\C/C=C\CCCCCCC. The Hall–Kier alpha value is -3.93. The largest absolute Gasteiger partial charge is 0.462 e. The van der Waals surface area contributed by atoms with Crippen molar-refractivity contribution in [1.29, 1.82) is 0 Å². The van der Waals surface area contributed by atoms with E-state index in [1.807, 2.05) is 0 Å². The molecular weight excluding hydrogens is 913 g/mol. The zero-order chi connectivity index (χ0) is 53.6. The standard InChI is InChI=1S/C68H114O6/c1-4-7-10-13-16-19-21-23-25-27-29-31-33-34-36-37-39-41-43-45-47-49-52-55-58-61-67(70)73-64-65(63-72-66(69)60-57-54-51-18-15-12-9-6-3)74-68(71)62-59-56-53-50-48-46-44-42-40-38-35-32-30-28-26-24-22-20-17-14-11-8-5-2/h8,11,17,20-21,23-24,26-27,29-30,32-34,38,40,44,46,65H,4-7,9-10,12-16,18-19,22,25,28,31,35-37,39,41-43,45,47-64H2,1-3H3/b11-8-,20-17-,23-21-,26-24-,29-27-,32-30-,34-33-,40-38-,46-44-. The Morgan fingerprint density at radius 2 is 0.527 bits per heavy atom. The zero-order valence-electron chi connectivity index (χ0n) is 48.3. The van der Waals surface area contributed by atoms with Crippen LogP contribution in [0.1, 0.15) is 284 Å². The fourth-order valence-corrected chi connectivity index (χ4v) is 8.39. The average molecular weight is 1030 g/mol. The maximum Gasteiger partial charge on any atom is 0.306 e. The van der Waals surface area contributed by atoms with Crippen LogP contribution in [0.4, 0.5) is 0 Å². The smallest absolute Gasteiger partial charge is 0.306 e. The number of ether oxygens (including phenoxy) is 3. The molecule has 0 aromatic heterocycles. The van der Waals surface area contributed by atoms with Crippen molar-refractivity contribution in [3.63, 3.8) is 0 Å². The summed E-state index contributed by atoms with van der Waals surface area (Å²) >= 11 is 0. The van der Waals surface area contributed by atoms with Crippen LogP contribution in [0.5, 0.6) is 0 Å². The normalized spacial score (nSPS) is 12.9. The van der Waals surface area contributed by atoms with Gasteiger partial charge in [-0.2, -0.15) is 0 Å². The van der Waals surface area contributed by atoms with E-state index in [4.69, 9.17) is 14.2 Å². The van der Waals surface area contributed by atoms with Gasteiger partial charge in [-0.25, -0.2) is 0 Å². The van der Waals surface area contributed by atoms with E-state index in [1.165, 1.54) is 122 Å². The molecule has 0 aliphatic heterocycles. The molecule has 0 spiro atoms. The van der Waals surface area contributed by atoms with Crippen LogP contribution in [0.25, 0.3) is 0 Å². The molecule has 1 unspecified atom stereocenters. The number of esters is 3. The molecule has 0 fully saturated rings. The van der Waals surface area contributed by atoms with Crippen molar-refractivity contribution < 1.29 is 28.6 Å². The molecule has 0 rings (SSSR count). The highest BCUT2D eigenvalue weighted by Crippen LogP contribution is 2.15. The summed E-state index contributed by atoms with van der Waals surface area (Å²) in [7, 11) is 0. The van der Waals surface area contributed by atoms with Gasteiger partial charge in [-0.1, -0.05) is 265 Å². The van der Waals surface area contributed by atoms with Crippen molar-refractivity contribution in [3.8, 4) is 0 Å². The lowest BCUT2D eigenvalue weighted by Crippen LogP contribution is -2.30. The lowest BCUT2D eigenvalue weighted by Gasteiger charge is -2.18. The van der Waals surface area contributed by atoms with Crippen LogP contribution in [0, 0.1) is 0 Å². The van der Waals surface area contributed by atoms with Crippen LogP contribution in [0.2, 0.25) is 0 Å². The van der Waals surface area contributed by atoms with Crippen molar-refractivity contribution in [2.75, 3.05) is 13.2 Å². The van der Waals surface area contributed by atoms with Crippen molar-refractivity contribution in [2.24, 2.45) is 0 Å². The van der Waals surface area contributed by atoms with Crippen LogP contribution < -0.4 is 0 Å². The molecule has 0 radical (unpaired) electrons. The van der Waals surface area contributed by atoms with Gasteiger partial charge in [0.2, 0.25) is 0 Å². The minimum absolute atomic E-state index is 0.0898. The first-order valence-corrected chi connectivity index (χ1v) is 30.9. The topological polar surface area (TPSA) is 78.9 Å². The van der Waals surface area contributed by atoms with Gasteiger partial charge in [0.15, 0.2) is 6.10 Å². The first kappa shape index (κ1) is 70.1. The van der Waals surface area contributed by atoms with Crippen LogP contribution in [-0.4, -0.2) is 37.2 Å². The average Bonchev–Trinajstić information content (AvgIpc) is 3.40. The molecule has 0 N–H and O–H groups in total. The summed E-state index contributed by atoms with van der Waals surface area (Å²) in [4.78, 5) is 38.1. The van der Waals surface area contributed by atoms with E-state index in [0.717, 1.165) is 122 Å². The number of carbonyl (C=O) groups excluding carboxylic acids is 3. The molecule has 0 aromatic rings. The second-order valence-electron chi connectivity index (χ2n) is 20.2. The minimum Gasteiger partial charge on any atom is -0.462 e. The van der Waals surface area contributed by atoms with E-state index in [2.05, 4.69) is 130 Å². The van der Waals surface area contributed by atoms with E-state index in [9.17, 15) is 14.4 Å². The van der Waals surface area contributed by atoms with Crippen LogP contribution in [0.15, 0.2) is 109 Å². The molecule has 422 valence electrons. The Labute approximate surface area is 457 Å². The summed E-state index contributed by atoms with van der Waals surface area (Å²) in [6.07, 6.45) is 83.9. The molecule has 74 heavy (non-hydrogen) atoms. The van der Waals surface area contributed by atoms with Gasteiger partial charge in [-0.05, 0) is 109 Å². The van der Waals surface area contributed by atoms with Crippen LogP contribution in [-0.2, 0) is 28.6 Å². The van der Waals surface area contributed by atoms with Crippen LogP contribution in [0.3, 0.4) is 0 Å². The third kappa shape index (κ3) is 59.0. The molecule has 0 saturated carbocycles. The third-order valence-electron chi connectivity index (χ3n) is 13.0. The lowest BCUT2D eigenvalue weighted by molar-refractivity contribution is -0.167. The fourth-order valence-electron chi connectivity index (χ4n) is 8.39. The van der Waals surface area contributed by atoms with Gasteiger partial charge in [0.1, 0.15) is 13.2 Å². The first-order valence-electron chi connectivity index (χ1n) is 30.9. The van der Waals surface area contributed by atoms with Gasteiger partial charge < -0.3 is 14.2 Å². The molecule has 0 aliphatic rings. The highest BCUT2D eigenvalue weighted by atomic mass is 16.6. The second kappa shape index (κ2) is 61.6. The first-order chi connectivity index (χ1) is 36.5. The Bertz CT molecular complexity index is 1510. The van der Waals surface area contributed by atoms with E-state index in [-0.39, 0.29) is 31.1 Å². The van der Waals surface area contributed by atoms with Crippen LogP contribution >= 0.6 is 0 Å². The number of unbranched alkanes of at least 4 members (excludes halogenated alkanes) is 26. The number of allylic oxidation sites excluding steroid dienone is 18. The lowest BCUT2D eigenvalue weighted by atomic mass is 10.1. The number of carbonyl (C=O) groups is 3. The maximum atomic E-state index is 12.9. The molecule has 0 amide bonds. The predicted octanol–water partition coefficient (Wildman–Crippen LogP) is 21.0. The molecular formula is C68H114O6. The summed E-state index contributed by atoms with van der Waals surface area (Å²) in [5, 5.41) is 0. The van der Waals surface area contributed by atoms with Crippen molar-refractivity contribution in [2.45, 2.75) is 290 Å². The van der Waals surface area contributed by atoms with Gasteiger partial charge in [0.25, 0.3) is 0 Å². The molecule has 0 heterocycles. The van der Waals surface area contributed by atoms with Gasteiger partial charge in [0, 0.05) is 19.3 Å². The molecule has 1 atom stereocenters. The maximum absolute atomic E-state index is 12.9. The fraction of sp³-hybridized carbons (Fsp3) is 0.691. The Kier molecular flexibility index (Phi) is 58.3. The molecule has 0 bridgehead atoms. The molecule has 0 aromatic carbocycles. The van der Waals surface area contributed by atoms with Gasteiger partial charge in [0.05, 0.1) is 0 Å². The highest BCUT2D eigenvalue weighted by molar-refractivity contribution is 5.71. The minimum atomic E-state index is -0.793. The highest BCUT2D eigenvalue weighted by Gasteiger charge is 2.19. The Balaban J connectivity index is 4.28. The summed E-state index contributed by atoms with van der Waals surface area (Å²) in [5.74, 6) is -0.920. The Morgan fingerprint density at radius 1 is 0.284 bits per heavy atom. The molecule has 0 aliphatic carbocycles. The van der Waals surface area contributed by atoms with Crippen molar-refractivity contribution in [1.82, 2.24) is 0 Å². The van der Waals surface area contributed by atoms with Gasteiger partial charge in [-0.15, -0.1) is 0 Å². The number of rotatable bonds is 55. The summed E-state index contributed by atoms with van der Waals surface area (Å²) < 4.78 is 16.8. The second-order valence-corrected chi connectivity index (χ2v) is 20.2. The zero-order valence-corrected chi connectivity index (χ0v) is 48.3. The monoisotopic (exact) mass is 1030 g/mol. The third-order valence-corrected chi connectivity index (χ3v) is 13.0. The van der Waals surface area contributed by atoms with E-state index < -0.39 is 6.10 Å². The summed E-state index contributed by atoms with van der Waals surface area (Å²) in [6.45, 7) is 6.47. The van der Waals surface area contributed by atoms with E-state index in [0.29, 0.717) is 19.3 Å². The quantitative estimate of drug-likeness (QED) is 0.0261. The molecule has 0 saturated heterocycles. The van der Waals surface area contributed by atoms with E-state index in [1.54, 1.807) is 0 Å². The predicted molar refractivity (Wildman–Crippen MR) is 320 cm³/mol. The van der Waals surface area contributed by atoms with E-state index >= 15 is 0 Å². The van der Waals surface area contributed by atoms with Gasteiger partial charge >= 0.3 is 17.9 Å². The number of hydrogen-bond acceptors (Lipinski definition) is 6. The van der Waals surface area contributed by atoms with Crippen molar-refractivity contribution >= 4 is 17.9 Å². The van der Waals surface area contributed by atoms with Crippen molar-refractivity contribution in [3.05, 3.63) is 109 Å². The number of hydrogen-bond donors (Lipinski definition) is 0. The Morgan fingerprint density at radius 3 is 0.824 bits per heavy atom. The van der Waals surface area contributed by atoms with Gasteiger partial charge in [-0.3, -0.25) is 14.4 Å².